The Labute approximate surface area is 194 Å². The van der Waals surface area contributed by atoms with Crippen LogP contribution in [0.2, 0.25) is 0 Å². The lowest BCUT2D eigenvalue weighted by molar-refractivity contribution is -0.131. The second-order valence-corrected chi connectivity index (χ2v) is 10.6. The maximum atomic E-state index is 13.1. The third-order valence-corrected chi connectivity index (χ3v) is 8.13. The summed E-state index contributed by atoms with van der Waals surface area (Å²) in [5.41, 5.74) is 4.11. The van der Waals surface area contributed by atoms with Crippen LogP contribution in [0.4, 0.5) is 5.69 Å². The molecular weight excluding hydrogens is 438 g/mol. The average Bonchev–Trinajstić information content (AvgIpc) is 3.16. The van der Waals surface area contributed by atoms with Crippen LogP contribution < -0.4 is 4.90 Å². The molecule has 0 bridgehead atoms. The number of nitrogens with zero attached hydrogens (tertiary/aromatic N) is 3. The Morgan fingerprint density at radius 2 is 1.70 bits per heavy atom. The molecule has 1 aliphatic heterocycles. The maximum absolute atomic E-state index is 13.1. The van der Waals surface area contributed by atoms with Gasteiger partial charge >= 0.3 is 0 Å². The summed E-state index contributed by atoms with van der Waals surface area (Å²) in [5.74, 6) is 0.224. The summed E-state index contributed by atoms with van der Waals surface area (Å²) >= 11 is 0. The van der Waals surface area contributed by atoms with Crippen molar-refractivity contribution in [2.24, 2.45) is 0 Å². The average molecular weight is 468 g/mol. The molecule has 2 heterocycles. The number of hydrogen-bond donors (Lipinski definition) is 0. The molecule has 174 valence electrons. The zero-order valence-electron chi connectivity index (χ0n) is 19.2. The lowest BCUT2D eigenvalue weighted by atomic mass is 10.1. The zero-order valence-corrected chi connectivity index (χ0v) is 20.1. The number of carbonyl (C=O) groups is 1. The van der Waals surface area contributed by atoms with Crippen molar-refractivity contribution < 1.29 is 17.7 Å². The number of rotatable bonds is 6. The van der Waals surface area contributed by atoms with Gasteiger partial charge in [0.2, 0.25) is 5.91 Å². The van der Waals surface area contributed by atoms with E-state index < -0.39 is 9.84 Å². The second kappa shape index (κ2) is 9.39. The fraction of sp³-hybridized carbons (Fsp3) is 0.360. The zero-order chi connectivity index (χ0) is 23.6. The van der Waals surface area contributed by atoms with Crippen molar-refractivity contribution in [1.82, 2.24) is 10.1 Å². The molecule has 1 amide bonds. The molecule has 1 saturated heterocycles. The molecule has 1 aliphatic rings. The van der Waals surface area contributed by atoms with E-state index in [4.69, 9.17) is 4.52 Å². The van der Waals surface area contributed by atoms with Crippen molar-refractivity contribution in [3.8, 4) is 11.3 Å². The van der Waals surface area contributed by atoms with Crippen molar-refractivity contribution in [3.63, 3.8) is 0 Å². The van der Waals surface area contributed by atoms with Crippen molar-refractivity contribution in [1.29, 1.82) is 0 Å². The third-order valence-electron chi connectivity index (χ3n) is 6.28. The summed E-state index contributed by atoms with van der Waals surface area (Å²) in [7, 11) is -3.63. The number of benzene rings is 2. The van der Waals surface area contributed by atoms with Gasteiger partial charge in [-0.15, -0.1) is 0 Å². The van der Waals surface area contributed by atoms with E-state index in [1.807, 2.05) is 38.1 Å². The van der Waals surface area contributed by atoms with Gasteiger partial charge in [0.15, 0.2) is 15.6 Å². The van der Waals surface area contributed by atoms with Gasteiger partial charge < -0.3 is 14.3 Å². The summed E-state index contributed by atoms with van der Waals surface area (Å²) < 4.78 is 31.6. The summed E-state index contributed by atoms with van der Waals surface area (Å²) in [4.78, 5) is 17.0. The van der Waals surface area contributed by atoms with Crippen LogP contribution in [-0.4, -0.2) is 56.3 Å². The van der Waals surface area contributed by atoms with Gasteiger partial charge in [-0.1, -0.05) is 35.5 Å². The Balaban J connectivity index is 1.41. The van der Waals surface area contributed by atoms with Gasteiger partial charge in [-0.2, -0.15) is 0 Å². The van der Waals surface area contributed by atoms with Gasteiger partial charge in [-0.3, -0.25) is 4.79 Å². The molecule has 1 aromatic heterocycles. The minimum absolute atomic E-state index is 0.0300. The number of aromatic nitrogens is 1. The highest BCUT2D eigenvalue weighted by atomic mass is 32.2. The molecule has 0 N–H and O–H groups in total. The number of aryl methyl sites for hydroxylation is 2. The molecule has 0 radical (unpaired) electrons. The summed E-state index contributed by atoms with van der Waals surface area (Å²) in [6.45, 7) is 8.16. The van der Waals surface area contributed by atoms with Crippen LogP contribution in [0.3, 0.4) is 0 Å². The SMILES string of the molecule is Cc1ccc(-c2onc(C)c2C)cc1S(=O)(=O)CCC(=O)N1CCN(c2ccccc2)CC1. The van der Waals surface area contributed by atoms with Crippen molar-refractivity contribution in [2.75, 3.05) is 36.8 Å². The number of hydrogen-bond acceptors (Lipinski definition) is 6. The molecule has 0 saturated carbocycles. The molecule has 0 atom stereocenters. The predicted octanol–water partition coefficient (Wildman–Crippen LogP) is 3.78. The maximum Gasteiger partial charge on any atom is 0.223 e. The van der Waals surface area contributed by atoms with E-state index >= 15 is 0 Å². The number of para-hydroxylation sites is 1. The third kappa shape index (κ3) is 4.95. The second-order valence-electron chi connectivity index (χ2n) is 8.47. The monoisotopic (exact) mass is 467 g/mol. The molecule has 33 heavy (non-hydrogen) atoms. The van der Waals surface area contributed by atoms with Crippen LogP contribution in [-0.2, 0) is 14.6 Å². The van der Waals surface area contributed by atoms with Crippen molar-refractivity contribution in [2.45, 2.75) is 32.1 Å². The molecule has 0 aliphatic carbocycles. The highest BCUT2D eigenvalue weighted by Crippen LogP contribution is 2.29. The molecule has 4 rings (SSSR count). The van der Waals surface area contributed by atoms with E-state index in [0.29, 0.717) is 30.0 Å². The fourth-order valence-electron chi connectivity index (χ4n) is 4.10. The van der Waals surface area contributed by atoms with Gasteiger partial charge in [-0.05, 0) is 44.5 Å². The van der Waals surface area contributed by atoms with E-state index in [9.17, 15) is 13.2 Å². The van der Waals surface area contributed by atoms with Crippen LogP contribution >= 0.6 is 0 Å². The van der Waals surface area contributed by atoms with Crippen LogP contribution in [0.5, 0.6) is 0 Å². The lowest BCUT2D eigenvalue weighted by Crippen LogP contribution is -2.49. The van der Waals surface area contributed by atoms with E-state index in [0.717, 1.165) is 30.0 Å². The Hall–Kier alpha value is -3.13. The number of sulfone groups is 1. The molecule has 1 fully saturated rings. The minimum atomic E-state index is -3.63. The van der Waals surface area contributed by atoms with E-state index in [1.165, 1.54) is 0 Å². The number of piperazine rings is 1. The van der Waals surface area contributed by atoms with Crippen LogP contribution in [0, 0.1) is 20.8 Å². The van der Waals surface area contributed by atoms with Gasteiger partial charge in [0.05, 0.1) is 16.3 Å². The predicted molar refractivity (Wildman–Crippen MR) is 128 cm³/mol. The highest BCUT2D eigenvalue weighted by Gasteiger charge is 2.25. The quantitative estimate of drug-likeness (QED) is 0.549. The first-order chi connectivity index (χ1) is 15.8. The van der Waals surface area contributed by atoms with E-state index in [-0.39, 0.29) is 23.0 Å². The highest BCUT2D eigenvalue weighted by molar-refractivity contribution is 7.91. The Bertz CT molecular complexity index is 1240. The smallest absolute Gasteiger partial charge is 0.223 e. The molecule has 0 spiro atoms. The molecule has 2 aromatic carbocycles. The summed E-state index contributed by atoms with van der Waals surface area (Å²) in [5, 5.41) is 3.96. The van der Waals surface area contributed by atoms with Crippen LogP contribution in [0.15, 0.2) is 57.9 Å². The molecule has 3 aromatic rings. The van der Waals surface area contributed by atoms with Gasteiger partial charge in [0.25, 0.3) is 0 Å². The number of anilines is 1. The Morgan fingerprint density at radius 3 is 2.33 bits per heavy atom. The van der Waals surface area contributed by atoms with Gasteiger partial charge in [0.1, 0.15) is 0 Å². The Morgan fingerprint density at radius 1 is 1.00 bits per heavy atom. The molecular formula is C25H29N3O4S. The molecule has 0 unspecified atom stereocenters. The first-order valence-corrected chi connectivity index (χ1v) is 12.8. The summed E-state index contributed by atoms with van der Waals surface area (Å²) in [6, 6.07) is 15.3. The lowest BCUT2D eigenvalue weighted by Gasteiger charge is -2.36. The molecule has 8 heteroatoms. The first-order valence-electron chi connectivity index (χ1n) is 11.1. The first kappa shape index (κ1) is 23.0. The topological polar surface area (TPSA) is 83.7 Å². The fourth-order valence-corrected chi connectivity index (χ4v) is 5.63. The van der Waals surface area contributed by atoms with Gasteiger partial charge in [0, 0.05) is 49.4 Å². The summed E-state index contributed by atoms with van der Waals surface area (Å²) in [6.07, 6.45) is -0.0300. The Kier molecular flexibility index (Phi) is 6.56. The standard InChI is InChI=1S/C25H29N3O4S/c1-18-9-10-21(25-19(2)20(3)26-32-25)17-23(18)33(30,31)16-11-24(29)28-14-12-27(13-15-28)22-7-5-4-6-8-22/h4-10,17H,11-16H2,1-3H3. The van der Waals surface area contributed by atoms with Crippen LogP contribution in [0.25, 0.3) is 11.3 Å². The number of carbonyl (C=O) groups excluding carboxylic acids is 1. The van der Waals surface area contributed by atoms with Crippen molar-refractivity contribution in [3.05, 3.63) is 65.4 Å². The molecule has 7 nitrogen and oxygen atoms in total. The van der Waals surface area contributed by atoms with E-state index in [2.05, 4.69) is 22.2 Å². The van der Waals surface area contributed by atoms with E-state index in [1.54, 1.807) is 24.0 Å². The van der Waals surface area contributed by atoms with Crippen molar-refractivity contribution >= 4 is 21.4 Å². The normalized spacial score (nSPS) is 14.5. The largest absolute Gasteiger partial charge is 0.368 e. The minimum Gasteiger partial charge on any atom is -0.368 e. The van der Waals surface area contributed by atoms with Crippen LogP contribution in [0.1, 0.15) is 23.2 Å². The number of amides is 1. The van der Waals surface area contributed by atoms with Gasteiger partial charge in [-0.25, -0.2) is 8.42 Å².